The van der Waals surface area contributed by atoms with Gasteiger partial charge in [0.1, 0.15) is 11.6 Å². The van der Waals surface area contributed by atoms with E-state index in [1.807, 2.05) is 18.2 Å². The lowest BCUT2D eigenvalue weighted by atomic mass is 10.2. The highest BCUT2D eigenvalue weighted by atomic mass is 19.1. The zero-order valence-corrected chi connectivity index (χ0v) is 16.0. The molecule has 0 saturated heterocycles. The summed E-state index contributed by atoms with van der Waals surface area (Å²) in [7, 11) is 0. The summed E-state index contributed by atoms with van der Waals surface area (Å²) in [4.78, 5) is 28.9. The molecule has 0 bridgehead atoms. The molecule has 0 atom stereocenters. The highest BCUT2D eigenvalue weighted by Gasteiger charge is 2.12. The van der Waals surface area contributed by atoms with Gasteiger partial charge in [0.2, 0.25) is 11.6 Å². The molecule has 0 spiro atoms. The van der Waals surface area contributed by atoms with Gasteiger partial charge in [-0.2, -0.15) is 0 Å². The number of fused-ring (bicyclic) bond motifs is 1. The van der Waals surface area contributed by atoms with Crippen LogP contribution < -0.4 is 10.9 Å². The van der Waals surface area contributed by atoms with Gasteiger partial charge in [0.05, 0.1) is 17.9 Å². The molecule has 0 saturated carbocycles. The van der Waals surface area contributed by atoms with Crippen LogP contribution in [0.15, 0.2) is 65.8 Å². The van der Waals surface area contributed by atoms with E-state index in [1.54, 1.807) is 29.1 Å². The summed E-state index contributed by atoms with van der Waals surface area (Å²) in [6.07, 6.45) is 6.26. The zero-order chi connectivity index (χ0) is 20.9. The number of nitrogens with zero attached hydrogens (tertiary/aromatic N) is 5. The molecule has 9 heteroatoms. The number of rotatable bonds is 7. The molecular formula is C21H19FN6O2. The van der Waals surface area contributed by atoms with Crippen LogP contribution >= 0.6 is 0 Å². The number of carbonyl (C=O) groups excluding carboxylic acids is 1. The third-order valence-electron chi connectivity index (χ3n) is 4.62. The Bertz CT molecular complexity index is 1240. The van der Waals surface area contributed by atoms with E-state index in [0.717, 1.165) is 5.69 Å². The number of halogens is 1. The molecule has 1 N–H and O–H groups in total. The van der Waals surface area contributed by atoms with E-state index in [1.165, 1.54) is 22.8 Å². The number of benzene rings is 1. The van der Waals surface area contributed by atoms with Crippen molar-refractivity contribution in [3.8, 4) is 5.69 Å². The quantitative estimate of drug-likeness (QED) is 0.507. The molecule has 0 fully saturated rings. The van der Waals surface area contributed by atoms with E-state index in [2.05, 4.69) is 20.5 Å². The predicted molar refractivity (Wildman–Crippen MR) is 108 cm³/mol. The first-order chi connectivity index (χ1) is 14.6. The third kappa shape index (κ3) is 4.24. The number of carbonyl (C=O) groups is 1. The van der Waals surface area contributed by atoms with Crippen LogP contribution in [0.5, 0.6) is 0 Å². The molecule has 3 heterocycles. The standard InChI is InChI=1S/C21H19FN6O2/c22-15-5-3-7-17(13-15)27-11-12-28-18(25-26-20(28)21(27)30)8-4-9-19(29)24-14-16-6-1-2-10-23-16/h1-3,5-7,10-13H,4,8-9,14H2,(H,24,29). The number of pyridine rings is 1. The largest absolute Gasteiger partial charge is 0.350 e. The number of aromatic nitrogens is 5. The van der Waals surface area contributed by atoms with Gasteiger partial charge in [-0.05, 0) is 36.8 Å². The SMILES string of the molecule is O=C(CCCc1nnc2c(=O)n(-c3cccc(F)c3)ccn12)NCc1ccccn1. The van der Waals surface area contributed by atoms with Crippen molar-refractivity contribution in [1.82, 2.24) is 29.5 Å². The van der Waals surface area contributed by atoms with Crippen LogP contribution in [0, 0.1) is 5.82 Å². The van der Waals surface area contributed by atoms with Gasteiger partial charge in [0.15, 0.2) is 0 Å². The van der Waals surface area contributed by atoms with Crippen LogP contribution in [-0.4, -0.2) is 30.1 Å². The molecule has 0 radical (unpaired) electrons. The van der Waals surface area contributed by atoms with Crippen molar-refractivity contribution in [2.75, 3.05) is 0 Å². The van der Waals surface area contributed by atoms with Crippen LogP contribution in [0.1, 0.15) is 24.4 Å². The van der Waals surface area contributed by atoms with Gasteiger partial charge < -0.3 is 5.32 Å². The summed E-state index contributed by atoms with van der Waals surface area (Å²) in [6.45, 7) is 0.382. The van der Waals surface area contributed by atoms with Crippen LogP contribution in [0.4, 0.5) is 4.39 Å². The lowest BCUT2D eigenvalue weighted by Gasteiger charge is -2.07. The topological polar surface area (TPSA) is 94.2 Å². The van der Waals surface area contributed by atoms with Crippen LogP contribution in [-0.2, 0) is 17.8 Å². The van der Waals surface area contributed by atoms with Crippen molar-refractivity contribution in [3.63, 3.8) is 0 Å². The Morgan fingerprint density at radius 2 is 2.00 bits per heavy atom. The Kier molecular flexibility index (Phi) is 5.60. The maximum absolute atomic E-state index is 13.5. The van der Waals surface area contributed by atoms with Crippen LogP contribution in [0.3, 0.4) is 0 Å². The fourth-order valence-electron chi connectivity index (χ4n) is 3.12. The first-order valence-electron chi connectivity index (χ1n) is 9.49. The number of aryl methyl sites for hydroxylation is 1. The van der Waals surface area contributed by atoms with Crippen molar-refractivity contribution < 1.29 is 9.18 Å². The molecule has 1 amide bonds. The van der Waals surface area contributed by atoms with Crippen LogP contribution in [0.2, 0.25) is 0 Å². The number of amides is 1. The molecular weight excluding hydrogens is 387 g/mol. The lowest BCUT2D eigenvalue weighted by molar-refractivity contribution is -0.121. The van der Waals surface area contributed by atoms with Crippen LogP contribution in [0.25, 0.3) is 11.3 Å². The molecule has 0 aliphatic rings. The van der Waals surface area contributed by atoms with Crippen molar-refractivity contribution >= 4 is 11.6 Å². The van der Waals surface area contributed by atoms with E-state index < -0.39 is 11.4 Å². The van der Waals surface area contributed by atoms with E-state index in [4.69, 9.17) is 0 Å². The van der Waals surface area contributed by atoms with Gasteiger partial charge >= 0.3 is 5.56 Å². The average molecular weight is 406 g/mol. The molecule has 0 unspecified atom stereocenters. The highest BCUT2D eigenvalue weighted by molar-refractivity contribution is 5.75. The van der Waals surface area contributed by atoms with Gasteiger partial charge in [0, 0.05) is 31.4 Å². The Labute approximate surface area is 171 Å². The average Bonchev–Trinajstić information content (AvgIpc) is 3.17. The minimum atomic E-state index is -0.428. The Hall–Kier alpha value is -3.88. The second kappa shape index (κ2) is 8.64. The van der Waals surface area contributed by atoms with Gasteiger partial charge in [0.25, 0.3) is 0 Å². The predicted octanol–water partition coefficient (Wildman–Crippen LogP) is 2.05. The fraction of sp³-hybridized carbons (Fsp3) is 0.190. The molecule has 0 aliphatic carbocycles. The fourth-order valence-corrected chi connectivity index (χ4v) is 3.12. The van der Waals surface area contributed by atoms with Gasteiger partial charge in [-0.1, -0.05) is 12.1 Å². The summed E-state index contributed by atoms with van der Waals surface area (Å²) in [6, 6.07) is 11.3. The Balaban J connectivity index is 1.40. The number of hydrogen-bond donors (Lipinski definition) is 1. The Morgan fingerprint density at radius 3 is 2.80 bits per heavy atom. The normalized spacial score (nSPS) is 11.0. The summed E-state index contributed by atoms with van der Waals surface area (Å²) >= 11 is 0. The molecule has 1 aromatic carbocycles. The minimum absolute atomic E-state index is 0.0806. The van der Waals surface area contributed by atoms with E-state index >= 15 is 0 Å². The monoisotopic (exact) mass is 406 g/mol. The second-order valence-electron chi connectivity index (χ2n) is 6.71. The van der Waals surface area contributed by atoms with E-state index in [9.17, 15) is 14.0 Å². The molecule has 4 aromatic rings. The van der Waals surface area contributed by atoms with Crippen molar-refractivity contribution in [2.24, 2.45) is 0 Å². The molecule has 152 valence electrons. The smallest absolute Gasteiger partial charge is 0.300 e. The molecule has 4 rings (SSSR count). The van der Waals surface area contributed by atoms with Gasteiger partial charge in [-0.3, -0.25) is 23.5 Å². The summed E-state index contributed by atoms with van der Waals surface area (Å²) in [5.74, 6) is 0.0803. The van der Waals surface area contributed by atoms with Crippen molar-refractivity contribution in [3.05, 3.63) is 88.7 Å². The second-order valence-corrected chi connectivity index (χ2v) is 6.71. The highest BCUT2D eigenvalue weighted by Crippen LogP contribution is 2.10. The van der Waals surface area contributed by atoms with Crippen molar-refractivity contribution in [1.29, 1.82) is 0 Å². The first kappa shape index (κ1) is 19.4. The lowest BCUT2D eigenvalue weighted by Crippen LogP contribution is -2.23. The zero-order valence-electron chi connectivity index (χ0n) is 16.0. The Morgan fingerprint density at radius 1 is 1.10 bits per heavy atom. The first-order valence-corrected chi connectivity index (χ1v) is 9.49. The molecule has 0 aliphatic heterocycles. The summed E-state index contributed by atoms with van der Waals surface area (Å²) in [5, 5.41) is 10.9. The molecule has 30 heavy (non-hydrogen) atoms. The summed E-state index contributed by atoms with van der Waals surface area (Å²) in [5.41, 5.74) is 0.965. The maximum Gasteiger partial charge on any atom is 0.300 e. The minimum Gasteiger partial charge on any atom is -0.350 e. The van der Waals surface area contributed by atoms with E-state index in [-0.39, 0.29) is 11.6 Å². The molecule has 3 aromatic heterocycles. The third-order valence-corrected chi connectivity index (χ3v) is 4.62. The summed E-state index contributed by atoms with van der Waals surface area (Å²) < 4.78 is 16.4. The number of nitrogens with one attached hydrogen (secondary N) is 1. The van der Waals surface area contributed by atoms with Crippen molar-refractivity contribution in [2.45, 2.75) is 25.8 Å². The van der Waals surface area contributed by atoms with Gasteiger partial charge in [-0.15, -0.1) is 10.2 Å². The van der Waals surface area contributed by atoms with Gasteiger partial charge in [-0.25, -0.2) is 4.39 Å². The maximum atomic E-state index is 13.5. The number of hydrogen-bond acceptors (Lipinski definition) is 5. The van der Waals surface area contributed by atoms with E-state index in [0.29, 0.717) is 37.3 Å². The molecule has 8 nitrogen and oxygen atoms in total.